The first kappa shape index (κ1) is 16.2. The van der Waals surface area contributed by atoms with Crippen molar-refractivity contribution in [2.45, 2.75) is 32.0 Å². The molecule has 4 nitrogen and oxygen atoms in total. The monoisotopic (exact) mass is 282 g/mol. The Bertz CT molecular complexity index is 297. The van der Waals surface area contributed by atoms with Crippen molar-refractivity contribution in [1.82, 2.24) is 10.2 Å². The summed E-state index contributed by atoms with van der Waals surface area (Å²) in [4.78, 5) is 13.2. The van der Waals surface area contributed by atoms with E-state index in [2.05, 4.69) is 5.32 Å². The van der Waals surface area contributed by atoms with Gasteiger partial charge in [0.1, 0.15) is 0 Å². The maximum atomic E-state index is 12.6. The zero-order valence-electron chi connectivity index (χ0n) is 11.3. The number of alkyl halides is 3. The third-order valence-electron chi connectivity index (χ3n) is 3.16. The number of hydrogen-bond acceptors (Lipinski definition) is 3. The van der Waals surface area contributed by atoms with Gasteiger partial charge in [-0.25, -0.2) is 0 Å². The smallest absolute Gasteiger partial charge is 0.383 e. The van der Waals surface area contributed by atoms with Gasteiger partial charge in [-0.05, 0) is 26.3 Å². The van der Waals surface area contributed by atoms with Gasteiger partial charge < -0.3 is 10.1 Å². The summed E-state index contributed by atoms with van der Waals surface area (Å²) in [5.74, 6) is -1.57. The van der Waals surface area contributed by atoms with Gasteiger partial charge in [0, 0.05) is 19.7 Å². The summed E-state index contributed by atoms with van der Waals surface area (Å²) >= 11 is 0. The average molecular weight is 282 g/mol. The molecule has 1 fully saturated rings. The Morgan fingerprint density at radius 1 is 1.53 bits per heavy atom. The van der Waals surface area contributed by atoms with Gasteiger partial charge in [0.05, 0.1) is 19.1 Å². The first-order valence-corrected chi connectivity index (χ1v) is 6.40. The van der Waals surface area contributed by atoms with Gasteiger partial charge in [-0.3, -0.25) is 9.69 Å². The normalized spacial score (nSPS) is 23.1. The molecule has 0 aliphatic carbocycles. The number of rotatable bonds is 5. The van der Waals surface area contributed by atoms with E-state index in [0.717, 1.165) is 0 Å². The fourth-order valence-corrected chi connectivity index (χ4v) is 2.28. The zero-order chi connectivity index (χ0) is 14.5. The fraction of sp³-hybridized carbons (Fsp3) is 0.917. The predicted molar refractivity (Wildman–Crippen MR) is 64.7 cm³/mol. The van der Waals surface area contributed by atoms with Crippen LogP contribution in [-0.4, -0.2) is 56.4 Å². The van der Waals surface area contributed by atoms with Gasteiger partial charge in [0.2, 0.25) is 5.91 Å². The van der Waals surface area contributed by atoms with E-state index in [1.165, 1.54) is 7.11 Å². The number of amides is 1. The number of nitrogens with one attached hydrogen (secondary N) is 1. The average Bonchev–Trinajstić information content (AvgIpc) is 2.28. The molecule has 2 atom stereocenters. The van der Waals surface area contributed by atoms with Crippen LogP contribution in [-0.2, 0) is 9.53 Å². The Hall–Kier alpha value is -0.820. The highest BCUT2D eigenvalue weighted by molar-refractivity contribution is 5.78. The van der Waals surface area contributed by atoms with Crippen molar-refractivity contribution in [3.05, 3.63) is 0 Å². The molecule has 0 bridgehead atoms. The van der Waals surface area contributed by atoms with Crippen LogP contribution >= 0.6 is 0 Å². The van der Waals surface area contributed by atoms with E-state index in [1.54, 1.807) is 11.8 Å². The number of ether oxygens (including phenoxy) is 1. The Balaban J connectivity index is 2.38. The molecule has 0 saturated carbocycles. The summed E-state index contributed by atoms with van der Waals surface area (Å²) in [5, 5.41) is 2.69. The molecule has 0 spiro atoms. The lowest BCUT2D eigenvalue weighted by molar-refractivity contribution is -0.187. The molecule has 1 amide bonds. The van der Waals surface area contributed by atoms with Crippen molar-refractivity contribution < 1.29 is 22.7 Å². The molecular formula is C12H21F3N2O2. The van der Waals surface area contributed by atoms with Crippen molar-refractivity contribution in [3.8, 4) is 0 Å². The molecule has 0 unspecified atom stereocenters. The Labute approximate surface area is 111 Å². The van der Waals surface area contributed by atoms with E-state index < -0.39 is 12.1 Å². The summed E-state index contributed by atoms with van der Waals surface area (Å²) < 4.78 is 42.7. The minimum absolute atomic E-state index is 0.0145. The first-order valence-electron chi connectivity index (χ1n) is 6.40. The summed E-state index contributed by atoms with van der Waals surface area (Å²) in [5.41, 5.74) is 0. The molecule has 0 aromatic rings. The van der Waals surface area contributed by atoms with Crippen LogP contribution in [0.3, 0.4) is 0 Å². The summed E-state index contributed by atoms with van der Waals surface area (Å²) in [7, 11) is 1.53. The molecule has 0 aromatic heterocycles. The number of hydrogen-bond donors (Lipinski definition) is 1. The highest BCUT2D eigenvalue weighted by atomic mass is 19.4. The predicted octanol–water partition coefficient (Wildman–Crippen LogP) is 1.41. The maximum Gasteiger partial charge on any atom is 0.393 e. The molecule has 1 aliphatic rings. The second kappa shape index (κ2) is 7.09. The lowest BCUT2D eigenvalue weighted by Gasteiger charge is -2.33. The third-order valence-corrected chi connectivity index (χ3v) is 3.16. The third kappa shape index (κ3) is 5.78. The van der Waals surface area contributed by atoms with E-state index in [1.807, 2.05) is 0 Å². The van der Waals surface area contributed by atoms with E-state index in [0.29, 0.717) is 19.6 Å². The van der Waals surface area contributed by atoms with Crippen molar-refractivity contribution in [3.63, 3.8) is 0 Å². The van der Waals surface area contributed by atoms with Crippen molar-refractivity contribution in [2.24, 2.45) is 5.92 Å². The molecule has 19 heavy (non-hydrogen) atoms. The van der Waals surface area contributed by atoms with Gasteiger partial charge in [0.25, 0.3) is 0 Å². The number of methoxy groups -OCH3 is 1. The molecule has 1 aliphatic heterocycles. The number of nitrogens with zero attached hydrogens (tertiary/aromatic N) is 1. The van der Waals surface area contributed by atoms with Gasteiger partial charge in [-0.1, -0.05) is 0 Å². The standard InChI is InChI=1S/C12H21F3N2O2/c1-9(8-19-2)16-11(18)7-17-5-3-4-10(6-17)12(13,14)15/h9-10H,3-8H2,1-2H3,(H,16,18)/t9-,10-/m0/s1. The molecule has 1 saturated heterocycles. The second-order valence-corrected chi connectivity index (χ2v) is 5.04. The molecule has 1 heterocycles. The SMILES string of the molecule is COC[C@H](C)NC(=O)CN1CCC[C@H](C(F)(F)F)C1. The molecule has 1 rings (SSSR count). The molecule has 112 valence electrons. The highest BCUT2D eigenvalue weighted by Crippen LogP contribution is 2.32. The fourth-order valence-electron chi connectivity index (χ4n) is 2.28. The minimum Gasteiger partial charge on any atom is -0.383 e. The van der Waals surface area contributed by atoms with Crippen LogP contribution in [0.15, 0.2) is 0 Å². The number of piperidine rings is 1. The van der Waals surface area contributed by atoms with Crippen LogP contribution in [0.5, 0.6) is 0 Å². The molecular weight excluding hydrogens is 261 g/mol. The highest BCUT2D eigenvalue weighted by Gasteiger charge is 2.41. The number of halogens is 3. The van der Waals surface area contributed by atoms with Crippen LogP contribution in [0.1, 0.15) is 19.8 Å². The van der Waals surface area contributed by atoms with Gasteiger partial charge >= 0.3 is 6.18 Å². The molecule has 7 heteroatoms. The second-order valence-electron chi connectivity index (χ2n) is 5.04. The molecule has 1 N–H and O–H groups in total. The van der Waals surface area contributed by atoms with E-state index >= 15 is 0 Å². The van der Waals surface area contributed by atoms with Crippen LogP contribution in [0, 0.1) is 5.92 Å². The lowest BCUT2D eigenvalue weighted by atomic mass is 9.97. The maximum absolute atomic E-state index is 12.6. The largest absolute Gasteiger partial charge is 0.393 e. The zero-order valence-corrected chi connectivity index (χ0v) is 11.3. The number of carbonyl (C=O) groups is 1. The van der Waals surface area contributed by atoms with Gasteiger partial charge in [-0.2, -0.15) is 13.2 Å². The van der Waals surface area contributed by atoms with E-state index in [9.17, 15) is 18.0 Å². The first-order chi connectivity index (χ1) is 8.82. The van der Waals surface area contributed by atoms with Crippen molar-refractivity contribution in [1.29, 1.82) is 0 Å². The number of carbonyl (C=O) groups excluding carboxylic acids is 1. The molecule has 0 radical (unpaired) electrons. The van der Waals surface area contributed by atoms with Crippen LogP contribution in [0.4, 0.5) is 13.2 Å². The quantitative estimate of drug-likeness (QED) is 0.829. The van der Waals surface area contributed by atoms with E-state index in [4.69, 9.17) is 4.74 Å². The minimum atomic E-state index is -4.17. The summed E-state index contributed by atoms with van der Waals surface area (Å²) in [6, 6.07) is -0.138. The van der Waals surface area contributed by atoms with Gasteiger partial charge in [-0.15, -0.1) is 0 Å². The van der Waals surface area contributed by atoms with Gasteiger partial charge in [0.15, 0.2) is 0 Å². The molecule has 0 aromatic carbocycles. The Morgan fingerprint density at radius 3 is 2.79 bits per heavy atom. The number of likely N-dealkylation sites (tertiary alicyclic amines) is 1. The van der Waals surface area contributed by atoms with Crippen LogP contribution in [0.2, 0.25) is 0 Å². The summed E-state index contributed by atoms with van der Waals surface area (Å²) in [6.07, 6.45) is -3.54. The van der Waals surface area contributed by atoms with Crippen molar-refractivity contribution in [2.75, 3.05) is 33.4 Å². The Morgan fingerprint density at radius 2 is 2.21 bits per heavy atom. The van der Waals surface area contributed by atoms with Crippen LogP contribution in [0.25, 0.3) is 0 Å². The lowest BCUT2D eigenvalue weighted by Crippen LogP contribution is -2.47. The Kier molecular flexibility index (Phi) is 6.06. The summed E-state index contributed by atoms with van der Waals surface area (Å²) in [6.45, 7) is 2.64. The van der Waals surface area contributed by atoms with E-state index in [-0.39, 0.29) is 31.5 Å². The topological polar surface area (TPSA) is 41.6 Å². The van der Waals surface area contributed by atoms with Crippen LogP contribution < -0.4 is 5.32 Å². The van der Waals surface area contributed by atoms with Crippen molar-refractivity contribution >= 4 is 5.91 Å².